The molecule has 1 aromatic rings. The predicted octanol–water partition coefficient (Wildman–Crippen LogP) is 2.54. The van der Waals surface area contributed by atoms with Gasteiger partial charge in [-0.05, 0) is 25.8 Å². The number of piperidine rings is 1. The van der Waals surface area contributed by atoms with Crippen LogP contribution in [0.3, 0.4) is 0 Å². The van der Waals surface area contributed by atoms with Crippen molar-refractivity contribution in [1.29, 1.82) is 0 Å². The lowest BCUT2D eigenvalue weighted by Crippen LogP contribution is -2.37. The first-order valence-corrected chi connectivity index (χ1v) is 9.66. The molecule has 0 aromatic heterocycles. The molecule has 6 nitrogen and oxygen atoms in total. The molecule has 6 heteroatoms. The molecule has 0 saturated carbocycles. The molecular formula is C20H32N2O4. The smallest absolute Gasteiger partial charge is 0.142 e. The van der Waals surface area contributed by atoms with Crippen molar-refractivity contribution in [2.45, 2.75) is 32.4 Å². The molecule has 0 aliphatic carbocycles. The lowest BCUT2D eigenvalue weighted by molar-refractivity contribution is 0.0124. The number of methoxy groups -OCH3 is 2. The fourth-order valence-electron chi connectivity index (χ4n) is 3.83. The average Bonchev–Trinajstić information content (AvgIpc) is 2.70. The molecule has 0 spiro atoms. The zero-order valence-electron chi connectivity index (χ0n) is 16.3. The van der Waals surface area contributed by atoms with E-state index in [1.807, 2.05) is 0 Å². The Bertz CT molecular complexity index is 567. The van der Waals surface area contributed by atoms with E-state index < -0.39 is 0 Å². The summed E-state index contributed by atoms with van der Waals surface area (Å²) in [5, 5.41) is 0. The molecule has 146 valence electrons. The molecule has 2 aliphatic heterocycles. The van der Waals surface area contributed by atoms with Gasteiger partial charge in [-0.3, -0.25) is 4.90 Å². The van der Waals surface area contributed by atoms with Gasteiger partial charge >= 0.3 is 0 Å². The molecule has 26 heavy (non-hydrogen) atoms. The molecule has 0 N–H and O–H groups in total. The van der Waals surface area contributed by atoms with Crippen molar-refractivity contribution in [1.82, 2.24) is 4.90 Å². The van der Waals surface area contributed by atoms with E-state index in [0.717, 1.165) is 82.6 Å². The highest BCUT2D eigenvalue weighted by molar-refractivity contribution is 5.64. The lowest BCUT2D eigenvalue weighted by Gasteiger charge is -2.33. The Morgan fingerprint density at radius 2 is 1.69 bits per heavy atom. The summed E-state index contributed by atoms with van der Waals surface area (Å²) in [4.78, 5) is 4.78. The third-order valence-corrected chi connectivity index (χ3v) is 5.26. The van der Waals surface area contributed by atoms with Gasteiger partial charge in [-0.2, -0.15) is 0 Å². The van der Waals surface area contributed by atoms with Crippen LogP contribution in [0.15, 0.2) is 12.1 Å². The van der Waals surface area contributed by atoms with Gasteiger partial charge in [-0.1, -0.05) is 0 Å². The summed E-state index contributed by atoms with van der Waals surface area (Å²) in [5.74, 6) is 1.84. The Morgan fingerprint density at radius 3 is 2.31 bits per heavy atom. The van der Waals surface area contributed by atoms with Crippen LogP contribution < -0.4 is 14.4 Å². The maximum absolute atomic E-state index is 5.76. The fraction of sp³-hybridized carbons (Fsp3) is 0.700. The molecular weight excluding hydrogens is 332 g/mol. The standard InChI is InChI=1S/C20H32N2O4/c1-4-26-17-5-7-21(8-6-17)15-16-13-20(24-3)18(14-19(16)23-2)22-9-11-25-12-10-22/h13-14,17H,4-12,15H2,1-3H3. The zero-order chi connectivity index (χ0) is 18.4. The van der Waals surface area contributed by atoms with Gasteiger partial charge in [0.25, 0.3) is 0 Å². The number of benzene rings is 1. The first-order chi connectivity index (χ1) is 12.7. The second-order valence-corrected chi connectivity index (χ2v) is 6.87. The molecule has 3 rings (SSSR count). The summed E-state index contributed by atoms with van der Waals surface area (Å²) in [7, 11) is 3.48. The van der Waals surface area contributed by atoms with Crippen molar-refractivity contribution in [2.75, 3.05) is 65.1 Å². The Morgan fingerprint density at radius 1 is 1.00 bits per heavy atom. The summed E-state index contributed by atoms with van der Waals surface area (Å²) in [6.45, 7) is 9.13. The zero-order valence-corrected chi connectivity index (χ0v) is 16.3. The first kappa shape index (κ1) is 19.3. The maximum Gasteiger partial charge on any atom is 0.142 e. The molecule has 1 aromatic carbocycles. The van der Waals surface area contributed by atoms with Crippen molar-refractivity contribution < 1.29 is 18.9 Å². The van der Waals surface area contributed by atoms with E-state index in [-0.39, 0.29) is 0 Å². The molecule has 2 saturated heterocycles. The van der Waals surface area contributed by atoms with E-state index in [4.69, 9.17) is 18.9 Å². The SMILES string of the molecule is CCOC1CCN(Cc2cc(OC)c(N3CCOCC3)cc2OC)CC1. The van der Waals surface area contributed by atoms with Gasteiger partial charge in [0.15, 0.2) is 0 Å². The van der Waals surface area contributed by atoms with Crippen molar-refractivity contribution in [2.24, 2.45) is 0 Å². The molecule has 2 fully saturated rings. The minimum Gasteiger partial charge on any atom is -0.496 e. The number of anilines is 1. The number of rotatable bonds is 7. The normalized spacial score (nSPS) is 19.6. The largest absolute Gasteiger partial charge is 0.496 e. The highest BCUT2D eigenvalue weighted by atomic mass is 16.5. The molecule has 0 unspecified atom stereocenters. The summed E-state index contributed by atoms with van der Waals surface area (Å²) in [6, 6.07) is 4.25. The minimum absolute atomic E-state index is 0.413. The highest BCUT2D eigenvalue weighted by Crippen LogP contribution is 2.36. The number of hydrogen-bond donors (Lipinski definition) is 0. The van der Waals surface area contributed by atoms with Crippen LogP contribution in [0.4, 0.5) is 5.69 Å². The molecule has 2 heterocycles. The highest BCUT2D eigenvalue weighted by Gasteiger charge is 2.23. The predicted molar refractivity (Wildman–Crippen MR) is 103 cm³/mol. The van der Waals surface area contributed by atoms with Crippen LogP contribution in [-0.4, -0.2) is 71.2 Å². The number of likely N-dealkylation sites (tertiary alicyclic amines) is 1. The summed E-state index contributed by atoms with van der Waals surface area (Å²) in [5.41, 5.74) is 2.27. The monoisotopic (exact) mass is 364 g/mol. The number of morpholine rings is 1. The second kappa shape index (κ2) is 9.44. The van der Waals surface area contributed by atoms with Crippen molar-refractivity contribution in [3.63, 3.8) is 0 Å². The first-order valence-electron chi connectivity index (χ1n) is 9.66. The van der Waals surface area contributed by atoms with Crippen LogP contribution in [0.1, 0.15) is 25.3 Å². The quantitative estimate of drug-likeness (QED) is 0.741. The lowest BCUT2D eigenvalue weighted by atomic mass is 10.1. The van der Waals surface area contributed by atoms with Crippen LogP contribution in [0.5, 0.6) is 11.5 Å². The van der Waals surface area contributed by atoms with Crippen LogP contribution in [-0.2, 0) is 16.0 Å². The van der Waals surface area contributed by atoms with Crippen LogP contribution in [0.2, 0.25) is 0 Å². The Kier molecular flexibility index (Phi) is 7.00. The van der Waals surface area contributed by atoms with Gasteiger partial charge in [0.2, 0.25) is 0 Å². The second-order valence-electron chi connectivity index (χ2n) is 6.87. The Hall–Kier alpha value is -1.50. The van der Waals surface area contributed by atoms with Gasteiger partial charge < -0.3 is 23.8 Å². The van der Waals surface area contributed by atoms with Crippen molar-refractivity contribution in [3.8, 4) is 11.5 Å². The number of hydrogen-bond acceptors (Lipinski definition) is 6. The fourth-order valence-corrected chi connectivity index (χ4v) is 3.83. The van der Waals surface area contributed by atoms with Gasteiger partial charge in [-0.15, -0.1) is 0 Å². The average molecular weight is 364 g/mol. The molecule has 2 aliphatic rings. The van der Waals surface area contributed by atoms with E-state index in [1.54, 1.807) is 14.2 Å². The van der Waals surface area contributed by atoms with Crippen molar-refractivity contribution >= 4 is 5.69 Å². The number of ether oxygens (including phenoxy) is 4. The Balaban J connectivity index is 1.72. The van der Waals surface area contributed by atoms with E-state index >= 15 is 0 Å². The molecule has 0 bridgehead atoms. The van der Waals surface area contributed by atoms with E-state index in [9.17, 15) is 0 Å². The van der Waals surface area contributed by atoms with Gasteiger partial charge in [0.05, 0.1) is 39.2 Å². The summed E-state index contributed by atoms with van der Waals surface area (Å²) >= 11 is 0. The van der Waals surface area contributed by atoms with E-state index in [0.29, 0.717) is 6.10 Å². The van der Waals surface area contributed by atoms with Crippen LogP contribution in [0.25, 0.3) is 0 Å². The summed E-state index contributed by atoms with van der Waals surface area (Å²) < 4.78 is 22.6. The van der Waals surface area contributed by atoms with E-state index in [2.05, 4.69) is 28.9 Å². The topological polar surface area (TPSA) is 43.4 Å². The molecule has 0 amide bonds. The number of nitrogens with zero attached hydrogens (tertiary/aromatic N) is 2. The molecule has 0 radical (unpaired) electrons. The van der Waals surface area contributed by atoms with Crippen LogP contribution >= 0.6 is 0 Å². The molecule has 0 atom stereocenters. The van der Waals surface area contributed by atoms with Crippen molar-refractivity contribution in [3.05, 3.63) is 17.7 Å². The Labute approximate surface area is 157 Å². The third kappa shape index (κ3) is 4.61. The van der Waals surface area contributed by atoms with Crippen LogP contribution in [0, 0.1) is 0 Å². The van der Waals surface area contributed by atoms with Gasteiger partial charge in [0, 0.05) is 51.0 Å². The summed E-state index contributed by atoms with van der Waals surface area (Å²) in [6.07, 6.45) is 2.61. The minimum atomic E-state index is 0.413. The maximum atomic E-state index is 5.76. The third-order valence-electron chi connectivity index (χ3n) is 5.26. The van der Waals surface area contributed by atoms with Gasteiger partial charge in [0.1, 0.15) is 11.5 Å². The van der Waals surface area contributed by atoms with E-state index in [1.165, 1.54) is 5.56 Å². The van der Waals surface area contributed by atoms with Gasteiger partial charge in [-0.25, -0.2) is 0 Å².